The number of likely N-dealkylation sites (N-methyl/N-ethyl adjacent to an activating group) is 1. The number of carbonyl (C=O) groups excluding carboxylic acids is 2. The van der Waals surface area contributed by atoms with Crippen LogP contribution in [0.4, 0.5) is 4.79 Å². The van der Waals surface area contributed by atoms with Gasteiger partial charge in [0.1, 0.15) is 12.6 Å². The Hall–Kier alpha value is -3.39. The molecule has 182 valence electrons. The maximum atomic E-state index is 12.6. The summed E-state index contributed by atoms with van der Waals surface area (Å²) in [5, 5.41) is 14.3. The number of hydrogen-bond donors (Lipinski definition) is 3. The van der Waals surface area contributed by atoms with E-state index >= 15 is 0 Å². The van der Waals surface area contributed by atoms with Gasteiger partial charge in [0.25, 0.3) is 0 Å². The molecule has 3 rings (SSSR count). The molecule has 1 aliphatic carbocycles. The second-order valence-corrected chi connectivity index (χ2v) is 8.65. The van der Waals surface area contributed by atoms with Crippen molar-refractivity contribution in [3.63, 3.8) is 0 Å². The fraction of sp³-hybridized carbons (Fsp3) is 0.423. The van der Waals surface area contributed by atoms with Gasteiger partial charge in [0, 0.05) is 25.0 Å². The standard InChI is InChI=1S/C26H33N3O5/c1-4-17(2)29(3)14-13-27-25(32)23(15-24(30)31)28-26(33)34-16-22-20-11-7-5-9-18(20)19-10-6-8-12-21(19)22/h5-12,17,22-23H,4,13-16H2,1-3H3,(H,27,32)(H,28,33)(H,30,31). The lowest BCUT2D eigenvalue weighted by Gasteiger charge is -2.24. The van der Waals surface area contributed by atoms with Gasteiger partial charge < -0.3 is 25.4 Å². The van der Waals surface area contributed by atoms with Crippen LogP contribution in [-0.2, 0) is 14.3 Å². The molecule has 2 unspecified atom stereocenters. The number of fused-ring (bicyclic) bond motifs is 3. The number of hydrogen-bond acceptors (Lipinski definition) is 5. The second-order valence-electron chi connectivity index (χ2n) is 8.65. The van der Waals surface area contributed by atoms with E-state index < -0.39 is 30.4 Å². The van der Waals surface area contributed by atoms with Gasteiger partial charge in [-0.1, -0.05) is 55.5 Å². The van der Waals surface area contributed by atoms with E-state index in [2.05, 4.69) is 29.4 Å². The first-order valence-corrected chi connectivity index (χ1v) is 11.6. The van der Waals surface area contributed by atoms with Crippen molar-refractivity contribution in [2.24, 2.45) is 0 Å². The number of nitrogens with one attached hydrogen (secondary N) is 2. The fourth-order valence-corrected chi connectivity index (χ4v) is 4.18. The van der Waals surface area contributed by atoms with Crippen LogP contribution in [-0.4, -0.2) is 66.8 Å². The molecule has 8 heteroatoms. The molecule has 2 aromatic carbocycles. The Bertz CT molecular complexity index is 980. The minimum absolute atomic E-state index is 0.0843. The Labute approximate surface area is 200 Å². The maximum Gasteiger partial charge on any atom is 0.407 e. The number of rotatable bonds is 11. The summed E-state index contributed by atoms with van der Waals surface area (Å²) in [7, 11) is 1.96. The molecule has 0 spiro atoms. The number of amides is 2. The van der Waals surface area contributed by atoms with Crippen molar-refractivity contribution in [1.29, 1.82) is 0 Å². The minimum Gasteiger partial charge on any atom is -0.481 e. The van der Waals surface area contributed by atoms with Crippen LogP contribution in [0.25, 0.3) is 11.1 Å². The fourth-order valence-electron chi connectivity index (χ4n) is 4.18. The van der Waals surface area contributed by atoms with Gasteiger partial charge >= 0.3 is 12.1 Å². The summed E-state index contributed by atoms with van der Waals surface area (Å²) in [5.41, 5.74) is 4.36. The summed E-state index contributed by atoms with van der Waals surface area (Å²) in [6.07, 6.45) is -0.368. The zero-order chi connectivity index (χ0) is 24.7. The van der Waals surface area contributed by atoms with E-state index in [1.807, 2.05) is 55.6 Å². The number of carboxylic acids is 1. The summed E-state index contributed by atoms with van der Waals surface area (Å²) >= 11 is 0. The van der Waals surface area contributed by atoms with Gasteiger partial charge in [0.2, 0.25) is 5.91 Å². The molecule has 0 radical (unpaired) electrons. The van der Waals surface area contributed by atoms with Crippen molar-refractivity contribution >= 4 is 18.0 Å². The highest BCUT2D eigenvalue weighted by atomic mass is 16.5. The number of aliphatic carboxylic acids is 1. The molecule has 2 amide bonds. The van der Waals surface area contributed by atoms with Crippen molar-refractivity contribution in [3.8, 4) is 11.1 Å². The normalized spacial score (nSPS) is 14.1. The Morgan fingerprint density at radius 1 is 1.06 bits per heavy atom. The van der Waals surface area contributed by atoms with Crippen molar-refractivity contribution < 1.29 is 24.2 Å². The molecule has 2 atom stereocenters. The van der Waals surface area contributed by atoms with E-state index in [-0.39, 0.29) is 12.5 Å². The molecule has 0 fully saturated rings. The average Bonchev–Trinajstić information content (AvgIpc) is 3.15. The summed E-state index contributed by atoms with van der Waals surface area (Å²) in [5.74, 6) is -1.86. The van der Waals surface area contributed by atoms with Gasteiger partial charge in [-0.2, -0.15) is 0 Å². The molecule has 1 aliphatic rings. The highest BCUT2D eigenvalue weighted by Gasteiger charge is 2.30. The van der Waals surface area contributed by atoms with Crippen LogP contribution < -0.4 is 10.6 Å². The number of ether oxygens (including phenoxy) is 1. The molecule has 2 aromatic rings. The van der Waals surface area contributed by atoms with E-state index in [1.165, 1.54) is 0 Å². The molecule has 0 saturated heterocycles. The zero-order valence-electron chi connectivity index (χ0n) is 19.9. The SMILES string of the molecule is CCC(C)N(C)CCNC(=O)C(CC(=O)O)NC(=O)OCC1c2ccccc2-c2ccccc21. The van der Waals surface area contributed by atoms with Gasteiger partial charge in [-0.05, 0) is 42.6 Å². The van der Waals surface area contributed by atoms with E-state index in [1.54, 1.807) is 0 Å². The Kier molecular flexibility index (Phi) is 8.65. The van der Waals surface area contributed by atoms with Gasteiger partial charge in [-0.25, -0.2) is 4.79 Å². The van der Waals surface area contributed by atoms with Gasteiger partial charge in [0.15, 0.2) is 0 Å². The molecule has 3 N–H and O–H groups in total. The zero-order valence-corrected chi connectivity index (χ0v) is 19.9. The lowest BCUT2D eigenvalue weighted by molar-refractivity contribution is -0.139. The Morgan fingerprint density at radius 3 is 2.21 bits per heavy atom. The molecule has 0 heterocycles. The van der Waals surface area contributed by atoms with Crippen molar-refractivity contribution in [1.82, 2.24) is 15.5 Å². The molecule has 34 heavy (non-hydrogen) atoms. The number of benzene rings is 2. The number of carboxylic acid groups (broad SMARTS) is 1. The second kappa shape index (κ2) is 11.7. The number of alkyl carbamates (subject to hydrolysis) is 1. The summed E-state index contributed by atoms with van der Waals surface area (Å²) < 4.78 is 5.46. The van der Waals surface area contributed by atoms with Gasteiger partial charge in [-0.3, -0.25) is 9.59 Å². The third kappa shape index (κ3) is 6.14. The van der Waals surface area contributed by atoms with Crippen LogP contribution in [0.15, 0.2) is 48.5 Å². The molecule has 0 bridgehead atoms. The molecule has 8 nitrogen and oxygen atoms in total. The van der Waals surface area contributed by atoms with Crippen LogP contribution in [0.1, 0.15) is 43.7 Å². The minimum atomic E-state index is -1.22. The van der Waals surface area contributed by atoms with E-state index in [0.29, 0.717) is 19.1 Å². The first-order valence-electron chi connectivity index (χ1n) is 11.6. The lowest BCUT2D eigenvalue weighted by atomic mass is 9.98. The molecule has 0 aliphatic heterocycles. The number of nitrogens with zero attached hydrogens (tertiary/aromatic N) is 1. The van der Waals surface area contributed by atoms with E-state index in [0.717, 1.165) is 28.7 Å². The van der Waals surface area contributed by atoms with Crippen LogP contribution in [0, 0.1) is 0 Å². The molecule has 0 aromatic heterocycles. The highest BCUT2D eigenvalue weighted by Crippen LogP contribution is 2.44. The Morgan fingerprint density at radius 2 is 1.65 bits per heavy atom. The first-order chi connectivity index (χ1) is 16.3. The molecular formula is C26H33N3O5. The lowest BCUT2D eigenvalue weighted by Crippen LogP contribution is -2.49. The van der Waals surface area contributed by atoms with Gasteiger partial charge in [-0.15, -0.1) is 0 Å². The third-order valence-corrected chi connectivity index (χ3v) is 6.44. The summed E-state index contributed by atoms with van der Waals surface area (Å²) in [6.45, 7) is 5.23. The molecule has 0 saturated carbocycles. The summed E-state index contributed by atoms with van der Waals surface area (Å²) in [6, 6.07) is 15.1. The first kappa shape index (κ1) is 25.2. The molecular weight excluding hydrogens is 434 g/mol. The van der Waals surface area contributed by atoms with Crippen molar-refractivity contribution in [2.45, 2.75) is 44.7 Å². The monoisotopic (exact) mass is 467 g/mol. The van der Waals surface area contributed by atoms with Gasteiger partial charge in [0.05, 0.1) is 6.42 Å². The number of carbonyl (C=O) groups is 3. The van der Waals surface area contributed by atoms with Crippen LogP contribution in [0.3, 0.4) is 0 Å². The third-order valence-electron chi connectivity index (χ3n) is 6.44. The predicted octanol–water partition coefficient (Wildman–Crippen LogP) is 3.21. The Balaban J connectivity index is 1.58. The quantitative estimate of drug-likeness (QED) is 0.468. The van der Waals surface area contributed by atoms with Crippen LogP contribution in [0.2, 0.25) is 0 Å². The summed E-state index contributed by atoms with van der Waals surface area (Å²) in [4.78, 5) is 38.4. The van der Waals surface area contributed by atoms with E-state index in [9.17, 15) is 19.5 Å². The largest absolute Gasteiger partial charge is 0.481 e. The van der Waals surface area contributed by atoms with Crippen LogP contribution in [0.5, 0.6) is 0 Å². The average molecular weight is 468 g/mol. The van der Waals surface area contributed by atoms with Crippen LogP contribution >= 0.6 is 0 Å². The smallest absolute Gasteiger partial charge is 0.407 e. The van der Waals surface area contributed by atoms with Crippen molar-refractivity contribution in [3.05, 3.63) is 59.7 Å². The van der Waals surface area contributed by atoms with Crippen molar-refractivity contribution in [2.75, 3.05) is 26.7 Å². The van der Waals surface area contributed by atoms with E-state index in [4.69, 9.17) is 4.74 Å². The predicted molar refractivity (Wildman–Crippen MR) is 130 cm³/mol. The highest BCUT2D eigenvalue weighted by molar-refractivity contribution is 5.89. The maximum absolute atomic E-state index is 12.6. The topological polar surface area (TPSA) is 108 Å².